The third-order valence-electron chi connectivity index (χ3n) is 4.20. The van der Waals surface area contributed by atoms with Crippen LogP contribution >= 0.6 is 0 Å². The third-order valence-corrected chi connectivity index (χ3v) is 4.20. The molecule has 0 radical (unpaired) electrons. The molecule has 10 heteroatoms. The van der Waals surface area contributed by atoms with E-state index in [4.69, 9.17) is 0 Å². The summed E-state index contributed by atoms with van der Waals surface area (Å²) in [6.07, 6.45) is 2.60. The van der Waals surface area contributed by atoms with Crippen LogP contribution in [-0.2, 0) is 13.6 Å². The standard InChI is InChI=1S/C15H18F2N6O2/c1-18-13(24)11-8-22(20-19-11)7-10-6-15(16,17)9-23(10)14(25)12-4-3-5-21(12)2/h3-5,8,10H,6-7,9H2,1-2H3,(H,18,24). The summed E-state index contributed by atoms with van der Waals surface area (Å²) < 4.78 is 30.8. The minimum absolute atomic E-state index is 0.0374. The van der Waals surface area contributed by atoms with E-state index in [1.54, 1.807) is 29.9 Å². The second kappa shape index (κ2) is 6.26. The molecule has 1 aliphatic rings. The topological polar surface area (TPSA) is 85.0 Å². The van der Waals surface area contributed by atoms with Crippen LogP contribution in [-0.4, -0.2) is 61.8 Å². The molecule has 0 aromatic carbocycles. The van der Waals surface area contributed by atoms with Crippen molar-refractivity contribution in [3.63, 3.8) is 0 Å². The van der Waals surface area contributed by atoms with Crippen LogP contribution in [0.2, 0.25) is 0 Å². The predicted octanol–water partition coefficient (Wildman–Crippen LogP) is 0.526. The van der Waals surface area contributed by atoms with Gasteiger partial charge in [0.05, 0.1) is 25.3 Å². The summed E-state index contributed by atoms with van der Waals surface area (Å²) in [7, 11) is 3.14. The van der Waals surface area contributed by atoms with E-state index in [0.29, 0.717) is 5.69 Å². The Bertz CT molecular complexity index is 800. The summed E-state index contributed by atoms with van der Waals surface area (Å²) in [5, 5.41) is 9.90. The lowest BCUT2D eigenvalue weighted by Gasteiger charge is -2.23. The molecule has 134 valence electrons. The average Bonchev–Trinajstić information content (AvgIpc) is 3.25. The lowest BCUT2D eigenvalue weighted by molar-refractivity contribution is 0.0116. The number of nitrogens with one attached hydrogen (secondary N) is 1. The molecule has 2 amide bonds. The molecule has 1 fully saturated rings. The predicted molar refractivity (Wildman–Crippen MR) is 83.2 cm³/mol. The van der Waals surface area contributed by atoms with Crippen molar-refractivity contribution in [2.75, 3.05) is 13.6 Å². The van der Waals surface area contributed by atoms with Crippen LogP contribution in [0.1, 0.15) is 27.4 Å². The van der Waals surface area contributed by atoms with Crippen LogP contribution < -0.4 is 5.32 Å². The van der Waals surface area contributed by atoms with Gasteiger partial charge in [0.1, 0.15) is 5.69 Å². The zero-order chi connectivity index (χ0) is 18.2. The Kier molecular flexibility index (Phi) is 4.27. The summed E-state index contributed by atoms with van der Waals surface area (Å²) >= 11 is 0. The fourth-order valence-corrected chi connectivity index (χ4v) is 2.96. The molecule has 25 heavy (non-hydrogen) atoms. The highest BCUT2D eigenvalue weighted by Crippen LogP contribution is 2.33. The van der Waals surface area contributed by atoms with Crippen molar-refractivity contribution < 1.29 is 18.4 Å². The van der Waals surface area contributed by atoms with Crippen LogP contribution in [0.4, 0.5) is 8.78 Å². The second-order valence-electron chi connectivity index (χ2n) is 6.06. The maximum absolute atomic E-state index is 13.9. The molecule has 1 aliphatic heterocycles. The highest BCUT2D eigenvalue weighted by Gasteiger charge is 2.47. The van der Waals surface area contributed by atoms with Crippen molar-refractivity contribution >= 4 is 11.8 Å². The first-order valence-electron chi connectivity index (χ1n) is 7.73. The number of carbonyl (C=O) groups is 2. The Hall–Kier alpha value is -2.78. The Labute approximate surface area is 142 Å². The van der Waals surface area contributed by atoms with E-state index in [-0.39, 0.29) is 12.2 Å². The molecule has 0 saturated carbocycles. The van der Waals surface area contributed by atoms with Crippen LogP contribution in [0.15, 0.2) is 24.5 Å². The highest BCUT2D eigenvalue weighted by atomic mass is 19.3. The molecule has 1 unspecified atom stereocenters. The molecule has 1 N–H and O–H groups in total. The summed E-state index contributed by atoms with van der Waals surface area (Å²) in [6.45, 7) is -0.603. The fourth-order valence-electron chi connectivity index (χ4n) is 2.96. The van der Waals surface area contributed by atoms with Gasteiger partial charge in [-0.3, -0.25) is 9.59 Å². The van der Waals surface area contributed by atoms with Gasteiger partial charge in [-0.2, -0.15) is 0 Å². The number of halogens is 2. The van der Waals surface area contributed by atoms with Crippen LogP contribution in [0, 0.1) is 0 Å². The highest BCUT2D eigenvalue weighted by molar-refractivity contribution is 5.93. The van der Waals surface area contributed by atoms with Crippen molar-refractivity contribution in [2.24, 2.45) is 7.05 Å². The first-order chi connectivity index (χ1) is 11.8. The number of alkyl halides is 2. The van der Waals surface area contributed by atoms with E-state index >= 15 is 0 Å². The molecule has 1 atom stereocenters. The normalized spacial score (nSPS) is 19.2. The van der Waals surface area contributed by atoms with Crippen molar-refractivity contribution in [3.05, 3.63) is 35.9 Å². The summed E-state index contributed by atoms with van der Waals surface area (Å²) in [6, 6.07) is 2.54. The van der Waals surface area contributed by atoms with E-state index in [0.717, 1.165) is 4.90 Å². The molecular formula is C15H18F2N6O2. The number of likely N-dealkylation sites (tertiary alicyclic amines) is 1. The SMILES string of the molecule is CNC(=O)c1cn(CC2CC(F)(F)CN2C(=O)c2cccn2C)nn1. The van der Waals surface area contributed by atoms with E-state index in [9.17, 15) is 18.4 Å². The number of rotatable bonds is 4. The quantitative estimate of drug-likeness (QED) is 0.870. The van der Waals surface area contributed by atoms with Crippen LogP contribution in [0.5, 0.6) is 0 Å². The molecule has 0 spiro atoms. The second-order valence-corrected chi connectivity index (χ2v) is 6.06. The van der Waals surface area contributed by atoms with Gasteiger partial charge in [-0.15, -0.1) is 5.10 Å². The van der Waals surface area contributed by atoms with Gasteiger partial charge in [0, 0.05) is 26.7 Å². The third kappa shape index (κ3) is 3.37. The molecule has 8 nitrogen and oxygen atoms in total. The fraction of sp³-hybridized carbons (Fsp3) is 0.467. The molecule has 0 bridgehead atoms. The van der Waals surface area contributed by atoms with Crippen molar-refractivity contribution in [3.8, 4) is 0 Å². The zero-order valence-electron chi connectivity index (χ0n) is 13.8. The lowest BCUT2D eigenvalue weighted by atomic mass is 10.2. The summed E-state index contributed by atoms with van der Waals surface area (Å²) in [5.74, 6) is -3.84. The Morgan fingerprint density at radius 1 is 1.44 bits per heavy atom. The molecule has 1 saturated heterocycles. The minimum Gasteiger partial charge on any atom is -0.354 e. The summed E-state index contributed by atoms with van der Waals surface area (Å²) in [5.41, 5.74) is 0.430. The summed E-state index contributed by atoms with van der Waals surface area (Å²) in [4.78, 5) is 25.3. The van der Waals surface area contributed by atoms with Gasteiger partial charge < -0.3 is 14.8 Å². The molecule has 0 aliphatic carbocycles. The number of carbonyl (C=O) groups excluding carboxylic acids is 2. The van der Waals surface area contributed by atoms with Crippen molar-refractivity contribution in [1.82, 2.24) is 29.8 Å². The van der Waals surface area contributed by atoms with Crippen LogP contribution in [0.3, 0.4) is 0 Å². The molecule has 2 aromatic rings. The number of nitrogens with zero attached hydrogens (tertiary/aromatic N) is 5. The van der Waals surface area contributed by atoms with Gasteiger partial charge in [-0.05, 0) is 12.1 Å². The van der Waals surface area contributed by atoms with Gasteiger partial charge in [0.2, 0.25) is 0 Å². The Morgan fingerprint density at radius 2 is 2.20 bits per heavy atom. The lowest BCUT2D eigenvalue weighted by Crippen LogP contribution is -2.39. The zero-order valence-corrected chi connectivity index (χ0v) is 13.8. The van der Waals surface area contributed by atoms with Gasteiger partial charge >= 0.3 is 0 Å². The molecular weight excluding hydrogens is 334 g/mol. The number of hydrogen-bond donors (Lipinski definition) is 1. The van der Waals surface area contributed by atoms with Gasteiger partial charge in [-0.25, -0.2) is 13.5 Å². The number of hydrogen-bond acceptors (Lipinski definition) is 4. The average molecular weight is 352 g/mol. The minimum atomic E-state index is -2.96. The molecule has 3 heterocycles. The van der Waals surface area contributed by atoms with Crippen molar-refractivity contribution in [2.45, 2.75) is 24.9 Å². The van der Waals surface area contributed by atoms with Gasteiger partial charge in [0.15, 0.2) is 5.69 Å². The van der Waals surface area contributed by atoms with Crippen LogP contribution in [0.25, 0.3) is 0 Å². The van der Waals surface area contributed by atoms with Crippen molar-refractivity contribution in [1.29, 1.82) is 0 Å². The number of aryl methyl sites for hydroxylation is 1. The van der Waals surface area contributed by atoms with E-state index < -0.39 is 36.7 Å². The maximum atomic E-state index is 13.9. The van der Waals surface area contributed by atoms with E-state index in [2.05, 4.69) is 15.6 Å². The number of aromatic nitrogens is 4. The number of amides is 2. The van der Waals surface area contributed by atoms with Gasteiger partial charge in [0.25, 0.3) is 17.7 Å². The Balaban J connectivity index is 1.80. The van der Waals surface area contributed by atoms with E-state index in [1.807, 2.05) is 0 Å². The first-order valence-corrected chi connectivity index (χ1v) is 7.73. The monoisotopic (exact) mass is 352 g/mol. The molecule has 3 rings (SSSR count). The van der Waals surface area contributed by atoms with E-state index in [1.165, 1.54) is 17.9 Å². The molecule has 2 aromatic heterocycles. The largest absolute Gasteiger partial charge is 0.354 e. The Morgan fingerprint density at radius 3 is 2.84 bits per heavy atom. The first kappa shape index (κ1) is 17.1. The smallest absolute Gasteiger partial charge is 0.273 e. The van der Waals surface area contributed by atoms with Gasteiger partial charge in [-0.1, -0.05) is 5.21 Å². The maximum Gasteiger partial charge on any atom is 0.273 e.